The summed E-state index contributed by atoms with van der Waals surface area (Å²) in [6.07, 6.45) is 4.72. The Kier molecular flexibility index (Phi) is 3.42. The number of carbonyl (C=O) groups excluding carboxylic acids is 2. The average molecular weight is 288 g/mol. The highest BCUT2D eigenvalue weighted by molar-refractivity contribution is 7.17. The second-order valence-electron chi connectivity index (χ2n) is 4.34. The van der Waals surface area contributed by atoms with E-state index < -0.39 is 0 Å². The predicted molar refractivity (Wildman–Crippen MR) is 75.0 cm³/mol. The molecule has 0 fully saturated rings. The Hall–Kier alpha value is -2.28. The van der Waals surface area contributed by atoms with Gasteiger partial charge in [-0.05, 0) is 25.0 Å². The van der Waals surface area contributed by atoms with Crippen molar-refractivity contribution in [3.05, 3.63) is 40.7 Å². The lowest BCUT2D eigenvalue weighted by molar-refractivity contribution is 0.0958. The molecule has 2 aromatic heterocycles. The molecule has 0 radical (unpaired) electrons. The molecular weight excluding hydrogens is 276 g/mol. The number of aryl methyl sites for hydroxylation is 1. The van der Waals surface area contributed by atoms with E-state index in [9.17, 15) is 9.59 Å². The zero-order valence-electron chi connectivity index (χ0n) is 10.5. The van der Waals surface area contributed by atoms with Crippen molar-refractivity contribution in [1.29, 1.82) is 0 Å². The highest BCUT2D eigenvalue weighted by atomic mass is 32.1. The lowest BCUT2D eigenvalue weighted by atomic mass is 10.2. The van der Waals surface area contributed by atoms with E-state index >= 15 is 0 Å². The summed E-state index contributed by atoms with van der Waals surface area (Å²) in [6.45, 7) is 0.667. The number of pyridine rings is 1. The summed E-state index contributed by atoms with van der Waals surface area (Å²) in [7, 11) is 0. The van der Waals surface area contributed by atoms with Crippen LogP contribution in [-0.2, 0) is 6.42 Å². The maximum Gasteiger partial charge on any atom is 0.263 e. The molecule has 2 amide bonds. The van der Waals surface area contributed by atoms with E-state index in [1.807, 2.05) is 0 Å². The number of fused-ring (bicyclic) bond motifs is 1. The normalized spacial score (nSPS) is 14.1. The maximum absolute atomic E-state index is 12.0. The van der Waals surface area contributed by atoms with Crippen molar-refractivity contribution < 1.29 is 9.59 Å². The number of nitrogens with zero attached hydrogens (tertiary/aromatic N) is 2. The quantitative estimate of drug-likeness (QED) is 0.876. The first-order chi connectivity index (χ1) is 9.74. The van der Waals surface area contributed by atoms with Crippen LogP contribution in [-0.4, -0.2) is 28.3 Å². The van der Waals surface area contributed by atoms with Gasteiger partial charge >= 0.3 is 0 Å². The summed E-state index contributed by atoms with van der Waals surface area (Å²) in [5.41, 5.74) is 1.27. The second kappa shape index (κ2) is 5.38. The summed E-state index contributed by atoms with van der Waals surface area (Å²) < 4.78 is 0. The average Bonchev–Trinajstić information content (AvgIpc) is 2.79. The van der Waals surface area contributed by atoms with Gasteiger partial charge in [-0.1, -0.05) is 11.3 Å². The smallest absolute Gasteiger partial charge is 0.263 e. The zero-order valence-corrected chi connectivity index (χ0v) is 11.4. The standard InChI is InChI=1S/C13H12N4O2S/c18-11(8-3-6-14-7-4-8)17-13-16-9-2-1-5-15-12(19)10(9)20-13/h3-4,6-7H,1-2,5H2,(H,15,19)(H,16,17,18). The molecule has 7 heteroatoms. The summed E-state index contributed by atoms with van der Waals surface area (Å²) >= 11 is 1.21. The van der Waals surface area contributed by atoms with Gasteiger partial charge in [-0.15, -0.1) is 0 Å². The fourth-order valence-corrected chi connectivity index (χ4v) is 2.89. The number of anilines is 1. The minimum atomic E-state index is -0.253. The Labute approximate surface area is 119 Å². The van der Waals surface area contributed by atoms with Gasteiger partial charge in [0.25, 0.3) is 11.8 Å². The van der Waals surface area contributed by atoms with Gasteiger partial charge in [0, 0.05) is 24.5 Å². The molecular formula is C13H12N4O2S. The molecule has 2 aromatic rings. The van der Waals surface area contributed by atoms with Crippen molar-refractivity contribution in [2.24, 2.45) is 0 Å². The number of thiazole rings is 1. The largest absolute Gasteiger partial charge is 0.351 e. The highest BCUT2D eigenvalue weighted by Crippen LogP contribution is 2.25. The van der Waals surface area contributed by atoms with Crippen LogP contribution >= 0.6 is 11.3 Å². The third-order valence-corrected chi connectivity index (χ3v) is 3.95. The third kappa shape index (κ3) is 2.53. The van der Waals surface area contributed by atoms with E-state index in [0.29, 0.717) is 22.1 Å². The lowest BCUT2D eigenvalue weighted by Gasteiger charge is -2.01. The van der Waals surface area contributed by atoms with Crippen molar-refractivity contribution in [2.45, 2.75) is 12.8 Å². The van der Waals surface area contributed by atoms with Crippen LogP contribution in [0.3, 0.4) is 0 Å². The van der Waals surface area contributed by atoms with Crippen molar-refractivity contribution in [3.63, 3.8) is 0 Å². The number of rotatable bonds is 2. The molecule has 20 heavy (non-hydrogen) atoms. The Morgan fingerprint density at radius 2 is 2.15 bits per heavy atom. The first kappa shape index (κ1) is 12.7. The molecule has 102 valence electrons. The van der Waals surface area contributed by atoms with Gasteiger partial charge in [0.2, 0.25) is 0 Å². The van der Waals surface area contributed by atoms with E-state index in [1.165, 1.54) is 11.3 Å². The molecule has 6 nitrogen and oxygen atoms in total. The van der Waals surface area contributed by atoms with Crippen LogP contribution in [0.25, 0.3) is 0 Å². The fraction of sp³-hybridized carbons (Fsp3) is 0.231. The van der Waals surface area contributed by atoms with Crippen molar-refractivity contribution in [2.75, 3.05) is 11.9 Å². The number of aromatic nitrogens is 2. The van der Waals surface area contributed by atoms with Crippen LogP contribution in [0.1, 0.15) is 32.1 Å². The topological polar surface area (TPSA) is 84.0 Å². The number of amides is 2. The Balaban J connectivity index is 1.81. The van der Waals surface area contributed by atoms with E-state index in [4.69, 9.17) is 0 Å². The molecule has 0 saturated carbocycles. The minimum absolute atomic E-state index is 0.112. The molecule has 0 saturated heterocycles. The lowest BCUT2D eigenvalue weighted by Crippen LogP contribution is -2.21. The maximum atomic E-state index is 12.0. The Morgan fingerprint density at radius 3 is 2.95 bits per heavy atom. The molecule has 1 aliphatic rings. The monoisotopic (exact) mass is 288 g/mol. The second-order valence-corrected chi connectivity index (χ2v) is 5.34. The third-order valence-electron chi connectivity index (χ3n) is 2.94. The molecule has 0 atom stereocenters. The number of hydrogen-bond donors (Lipinski definition) is 2. The van der Waals surface area contributed by atoms with Crippen LogP contribution in [0.2, 0.25) is 0 Å². The van der Waals surface area contributed by atoms with E-state index in [-0.39, 0.29) is 11.8 Å². The number of nitrogens with one attached hydrogen (secondary N) is 2. The zero-order chi connectivity index (χ0) is 13.9. The van der Waals surface area contributed by atoms with Crippen molar-refractivity contribution in [1.82, 2.24) is 15.3 Å². The molecule has 0 unspecified atom stereocenters. The fourth-order valence-electron chi connectivity index (χ4n) is 1.96. The van der Waals surface area contributed by atoms with E-state index in [2.05, 4.69) is 20.6 Å². The Bertz CT molecular complexity index is 654. The SMILES string of the molecule is O=C(Nc1nc2c(s1)C(=O)NCCC2)c1ccncc1. The van der Waals surface area contributed by atoms with Crippen molar-refractivity contribution in [3.8, 4) is 0 Å². The minimum Gasteiger partial charge on any atom is -0.351 e. The van der Waals surface area contributed by atoms with Gasteiger partial charge in [-0.25, -0.2) is 4.98 Å². The molecule has 0 bridgehead atoms. The first-order valence-electron chi connectivity index (χ1n) is 6.23. The van der Waals surface area contributed by atoms with Crippen LogP contribution < -0.4 is 10.6 Å². The highest BCUT2D eigenvalue weighted by Gasteiger charge is 2.21. The van der Waals surface area contributed by atoms with Gasteiger partial charge in [0.1, 0.15) is 4.88 Å². The predicted octanol–water partition coefficient (Wildman–Crippen LogP) is 1.47. The van der Waals surface area contributed by atoms with Crippen LogP contribution in [0.5, 0.6) is 0 Å². The summed E-state index contributed by atoms with van der Waals surface area (Å²) in [5.74, 6) is -0.365. The summed E-state index contributed by atoms with van der Waals surface area (Å²) in [5, 5.41) is 5.98. The van der Waals surface area contributed by atoms with E-state index in [1.54, 1.807) is 24.5 Å². The Morgan fingerprint density at radius 1 is 1.35 bits per heavy atom. The van der Waals surface area contributed by atoms with Gasteiger partial charge in [0.05, 0.1) is 5.69 Å². The molecule has 0 spiro atoms. The van der Waals surface area contributed by atoms with Crippen LogP contribution in [0.15, 0.2) is 24.5 Å². The molecule has 1 aliphatic heterocycles. The molecule has 3 rings (SSSR count). The number of hydrogen-bond acceptors (Lipinski definition) is 5. The van der Waals surface area contributed by atoms with Crippen LogP contribution in [0, 0.1) is 0 Å². The summed E-state index contributed by atoms with van der Waals surface area (Å²) in [6, 6.07) is 3.25. The molecule has 3 heterocycles. The van der Waals surface area contributed by atoms with Gasteiger partial charge in [0.15, 0.2) is 5.13 Å². The van der Waals surface area contributed by atoms with E-state index in [0.717, 1.165) is 18.5 Å². The first-order valence-corrected chi connectivity index (χ1v) is 7.05. The van der Waals surface area contributed by atoms with Gasteiger partial charge in [-0.3, -0.25) is 19.9 Å². The number of carbonyl (C=O) groups is 2. The molecule has 0 aromatic carbocycles. The van der Waals surface area contributed by atoms with Gasteiger partial charge < -0.3 is 5.32 Å². The van der Waals surface area contributed by atoms with Gasteiger partial charge in [-0.2, -0.15) is 0 Å². The van der Waals surface area contributed by atoms with Crippen molar-refractivity contribution >= 4 is 28.3 Å². The molecule has 0 aliphatic carbocycles. The molecule has 2 N–H and O–H groups in total. The summed E-state index contributed by atoms with van der Waals surface area (Å²) in [4.78, 5) is 32.6. The van der Waals surface area contributed by atoms with Crippen LogP contribution in [0.4, 0.5) is 5.13 Å².